The minimum atomic E-state index is 0.153. The fourth-order valence-electron chi connectivity index (χ4n) is 3.33. The average molecular weight is 290 g/mol. The predicted octanol–water partition coefficient (Wildman–Crippen LogP) is 1.96. The number of hydrogen-bond donors (Lipinski definition) is 1. The van der Waals surface area contributed by atoms with E-state index in [9.17, 15) is 4.79 Å². The Balaban J connectivity index is 1.85. The van der Waals surface area contributed by atoms with Gasteiger partial charge in [-0.25, -0.2) is 0 Å². The van der Waals surface area contributed by atoms with Crippen LogP contribution in [0.1, 0.15) is 49.1 Å². The molecule has 1 amide bonds. The summed E-state index contributed by atoms with van der Waals surface area (Å²) < 4.78 is 2.10. The molecule has 1 saturated carbocycles. The minimum absolute atomic E-state index is 0.153. The normalized spacial score (nSPS) is 24.1. The van der Waals surface area contributed by atoms with E-state index < -0.39 is 0 Å². The van der Waals surface area contributed by atoms with Crippen LogP contribution in [0, 0.1) is 0 Å². The molecule has 1 atom stereocenters. The maximum atomic E-state index is 13.0. The first kappa shape index (κ1) is 14.4. The quantitative estimate of drug-likeness (QED) is 0.926. The van der Waals surface area contributed by atoms with Gasteiger partial charge in [0.2, 0.25) is 0 Å². The molecule has 1 aromatic rings. The maximum absolute atomic E-state index is 13.0. The number of amides is 1. The first-order chi connectivity index (χ1) is 10.1. The van der Waals surface area contributed by atoms with Gasteiger partial charge in [0.05, 0.1) is 5.69 Å². The number of hydrogen-bond acceptors (Lipinski definition) is 3. The fraction of sp³-hybridized carbons (Fsp3) is 0.688. The van der Waals surface area contributed by atoms with Crippen LogP contribution in [-0.2, 0) is 0 Å². The Morgan fingerprint density at radius 2 is 2.14 bits per heavy atom. The van der Waals surface area contributed by atoms with Crippen molar-refractivity contribution < 1.29 is 4.79 Å². The van der Waals surface area contributed by atoms with Gasteiger partial charge in [-0.15, -0.1) is 0 Å². The lowest BCUT2D eigenvalue weighted by Crippen LogP contribution is -2.44. The second kappa shape index (κ2) is 5.72. The van der Waals surface area contributed by atoms with E-state index in [-0.39, 0.29) is 5.91 Å². The van der Waals surface area contributed by atoms with Crippen molar-refractivity contribution in [1.82, 2.24) is 14.4 Å². The van der Waals surface area contributed by atoms with Crippen LogP contribution in [0.2, 0.25) is 0 Å². The van der Waals surface area contributed by atoms with Crippen molar-refractivity contribution in [3.63, 3.8) is 0 Å². The summed E-state index contributed by atoms with van der Waals surface area (Å²) in [5.74, 6) is 0.153. The molecule has 0 radical (unpaired) electrons. The van der Waals surface area contributed by atoms with E-state index in [4.69, 9.17) is 5.73 Å². The first-order valence-electron chi connectivity index (χ1n) is 8.07. The summed E-state index contributed by atoms with van der Waals surface area (Å²) in [5.41, 5.74) is 7.41. The Hall–Kier alpha value is -1.49. The van der Waals surface area contributed by atoms with Crippen LogP contribution in [0.4, 0.5) is 5.69 Å². The molecule has 0 spiro atoms. The van der Waals surface area contributed by atoms with Gasteiger partial charge in [-0.1, -0.05) is 6.92 Å². The molecular formula is C16H26N4O. The summed E-state index contributed by atoms with van der Waals surface area (Å²) in [6, 6.07) is 2.63. The molecule has 1 aliphatic heterocycles. The van der Waals surface area contributed by atoms with Crippen LogP contribution in [-0.4, -0.2) is 53.0 Å². The second-order valence-electron chi connectivity index (χ2n) is 6.47. The van der Waals surface area contributed by atoms with Gasteiger partial charge in [0, 0.05) is 31.4 Å². The topological polar surface area (TPSA) is 54.5 Å². The highest BCUT2D eigenvalue weighted by Crippen LogP contribution is 2.37. The summed E-state index contributed by atoms with van der Waals surface area (Å²) in [7, 11) is 2.14. The summed E-state index contributed by atoms with van der Waals surface area (Å²) in [5, 5.41) is 0. The van der Waals surface area contributed by atoms with E-state index in [0.29, 0.717) is 17.8 Å². The molecule has 1 aliphatic carbocycles. The molecule has 2 N–H and O–H groups in total. The molecule has 1 unspecified atom stereocenters. The van der Waals surface area contributed by atoms with Crippen molar-refractivity contribution in [1.29, 1.82) is 0 Å². The van der Waals surface area contributed by atoms with Gasteiger partial charge in [0.15, 0.2) is 0 Å². The minimum Gasteiger partial charge on any atom is -0.397 e. The van der Waals surface area contributed by atoms with Crippen LogP contribution >= 0.6 is 0 Å². The van der Waals surface area contributed by atoms with Gasteiger partial charge in [-0.05, 0) is 45.3 Å². The number of nitrogens with zero attached hydrogens (tertiary/aromatic N) is 3. The molecule has 21 heavy (non-hydrogen) atoms. The lowest BCUT2D eigenvalue weighted by atomic mass is 10.1. The van der Waals surface area contributed by atoms with E-state index >= 15 is 0 Å². The molecule has 116 valence electrons. The van der Waals surface area contributed by atoms with E-state index in [1.165, 1.54) is 0 Å². The lowest BCUT2D eigenvalue weighted by Gasteiger charge is -2.30. The Kier molecular flexibility index (Phi) is 3.93. The number of aromatic nitrogens is 1. The SMILES string of the molecule is CCC1CN(C)CCCN1C(=O)c1cc(N)cn1C1CC1. The maximum Gasteiger partial charge on any atom is 0.270 e. The summed E-state index contributed by atoms with van der Waals surface area (Å²) in [6.07, 6.45) is 6.28. The highest BCUT2D eigenvalue weighted by atomic mass is 16.2. The fourth-order valence-corrected chi connectivity index (χ4v) is 3.33. The first-order valence-corrected chi connectivity index (χ1v) is 8.07. The zero-order chi connectivity index (χ0) is 15.0. The van der Waals surface area contributed by atoms with Gasteiger partial charge in [0.1, 0.15) is 5.69 Å². The molecule has 0 bridgehead atoms. The van der Waals surface area contributed by atoms with Gasteiger partial charge in [-0.2, -0.15) is 0 Å². The number of anilines is 1. The molecule has 0 aromatic carbocycles. The summed E-state index contributed by atoms with van der Waals surface area (Å²) in [6.45, 7) is 5.03. The van der Waals surface area contributed by atoms with Gasteiger partial charge in [-0.3, -0.25) is 4.79 Å². The largest absolute Gasteiger partial charge is 0.397 e. The van der Waals surface area contributed by atoms with Crippen LogP contribution in [0.5, 0.6) is 0 Å². The van der Waals surface area contributed by atoms with Crippen molar-refractivity contribution in [2.45, 2.75) is 44.7 Å². The van der Waals surface area contributed by atoms with E-state index in [2.05, 4.69) is 28.3 Å². The predicted molar refractivity (Wildman–Crippen MR) is 84.3 cm³/mol. The third-order valence-corrected chi connectivity index (χ3v) is 4.66. The number of carbonyl (C=O) groups excluding carboxylic acids is 1. The van der Waals surface area contributed by atoms with Crippen molar-refractivity contribution in [2.24, 2.45) is 0 Å². The summed E-state index contributed by atoms with van der Waals surface area (Å²) in [4.78, 5) is 17.4. The van der Waals surface area contributed by atoms with Crippen molar-refractivity contribution >= 4 is 11.6 Å². The zero-order valence-corrected chi connectivity index (χ0v) is 13.1. The number of nitrogen functional groups attached to an aromatic ring is 1. The third kappa shape index (κ3) is 2.93. The molecule has 1 aromatic heterocycles. The van der Waals surface area contributed by atoms with Crippen LogP contribution in [0.3, 0.4) is 0 Å². The van der Waals surface area contributed by atoms with E-state index in [1.807, 2.05) is 12.3 Å². The summed E-state index contributed by atoms with van der Waals surface area (Å²) >= 11 is 0. The second-order valence-corrected chi connectivity index (χ2v) is 6.47. The van der Waals surface area contributed by atoms with E-state index in [1.54, 1.807) is 0 Å². The van der Waals surface area contributed by atoms with Crippen LogP contribution in [0.15, 0.2) is 12.3 Å². The highest BCUT2D eigenvalue weighted by molar-refractivity contribution is 5.94. The van der Waals surface area contributed by atoms with Crippen molar-refractivity contribution in [3.05, 3.63) is 18.0 Å². The molecule has 3 rings (SSSR count). The van der Waals surface area contributed by atoms with E-state index in [0.717, 1.165) is 51.0 Å². The monoisotopic (exact) mass is 290 g/mol. The standard InChI is InChI=1S/C16H26N4O/c1-3-13-11-18(2)7-4-8-19(13)16(21)15-9-12(17)10-20(15)14-5-6-14/h9-10,13-14H,3-8,11,17H2,1-2H3. The molecule has 2 heterocycles. The zero-order valence-electron chi connectivity index (χ0n) is 13.1. The Labute approximate surface area is 126 Å². The molecule has 1 saturated heterocycles. The number of nitrogens with two attached hydrogens (primary N) is 1. The Morgan fingerprint density at radius 1 is 1.38 bits per heavy atom. The number of likely N-dealkylation sites (N-methyl/N-ethyl adjacent to an activating group) is 1. The molecule has 2 aliphatic rings. The molecule has 5 heteroatoms. The highest BCUT2D eigenvalue weighted by Gasteiger charge is 2.32. The van der Waals surface area contributed by atoms with Crippen molar-refractivity contribution in [3.8, 4) is 0 Å². The smallest absolute Gasteiger partial charge is 0.270 e. The molecule has 5 nitrogen and oxygen atoms in total. The molecular weight excluding hydrogens is 264 g/mol. The van der Waals surface area contributed by atoms with Gasteiger partial charge >= 0.3 is 0 Å². The molecule has 2 fully saturated rings. The lowest BCUT2D eigenvalue weighted by molar-refractivity contribution is 0.0664. The van der Waals surface area contributed by atoms with Gasteiger partial charge in [0.25, 0.3) is 5.91 Å². The third-order valence-electron chi connectivity index (χ3n) is 4.66. The average Bonchev–Trinajstić information content (AvgIpc) is 3.25. The number of carbonyl (C=O) groups is 1. The van der Waals surface area contributed by atoms with Crippen molar-refractivity contribution in [2.75, 3.05) is 32.4 Å². The van der Waals surface area contributed by atoms with Crippen LogP contribution < -0.4 is 5.73 Å². The Morgan fingerprint density at radius 3 is 2.81 bits per heavy atom. The van der Waals surface area contributed by atoms with Crippen LogP contribution in [0.25, 0.3) is 0 Å². The Bertz CT molecular complexity index is 520. The number of rotatable bonds is 3. The van der Waals surface area contributed by atoms with Gasteiger partial charge < -0.3 is 20.1 Å².